The Morgan fingerprint density at radius 2 is 1.28 bits per heavy atom. The van der Waals surface area contributed by atoms with Crippen molar-refractivity contribution in [2.45, 2.75) is 84.0 Å². The summed E-state index contributed by atoms with van der Waals surface area (Å²) in [4.78, 5) is 27.0. The van der Waals surface area contributed by atoms with Gasteiger partial charge in [-0.3, -0.25) is 9.59 Å². The van der Waals surface area contributed by atoms with Gasteiger partial charge in [0.1, 0.15) is 0 Å². The fraction of sp³-hybridized carbons (Fsp3) is 0.900. The topological polar surface area (TPSA) is 60.9 Å². The normalized spacial score (nSPS) is 11.0. The van der Waals surface area contributed by atoms with Gasteiger partial charge in [0.2, 0.25) is 5.91 Å². The molecule has 0 aliphatic carbocycles. The van der Waals surface area contributed by atoms with Gasteiger partial charge in [-0.1, -0.05) is 58.3 Å². The van der Waals surface area contributed by atoms with Crippen LogP contribution >= 0.6 is 0 Å². The smallest absolute Gasteiger partial charge is 0.305 e. The molecule has 0 spiro atoms. The zero-order chi connectivity index (χ0) is 18.9. The van der Waals surface area contributed by atoms with Crippen molar-refractivity contribution in [2.75, 3.05) is 33.7 Å². The highest BCUT2D eigenvalue weighted by Gasteiger charge is 2.14. The number of carboxylic acids is 1. The van der Waals surface area contributed by atoms with Gasteiger partial charge >= 0.3 is 5.97 Å². The molecule has 0 rings (SSSR count). The highest BCUT2D eigenvalue weighted by molar-refractivity contribution is 5.77. The average molecular weight is 357 g/mol. The molecule has 1 N–H and O–H groups in total. The molecule has 5 nitrogen and oxygen atoms in total. The highest BCUT2D eigenvalue weighted by Crippen LogP contribution is 2.11. The fourth-order valence-electron chi connectivity index (χ4n) is 2.91. The number of hydrogen-bond acceptors (Lipinski definition) is 3. The maximum absolute atomic E-state index is 12.4. The lowest BCUT2D eigenvalue weighted by molar-refractivity contribution is -0.138. The van der Waals surface area contributed by atoms with Crippen molar-refractivity contribution in [3.63, 3.8) is 0 Å². The Kier molecular flexibility index (Phi) is 15.7. The first-order valence-electron chi connectivity index (χ1n) is 10.1. The van der Waals surface area contributed by atoms with Crippen LogP contribution in [-0.4, -0.2) is 60.5 Å². The number of aliphatic carboxylic acids is 1. The summed E-state index contributed by atoms with van der Waals surface area (Å²) in [5.74, 6) is -0.726. The third kappa shape index (κ3) is 16.1. The predicted octanol–water partition coefficient (Wildman–Crippen LogP) is 4.16. The standard InChI is InChI=1S/C20H40N2O3/c1-4-5-6-7-8-9-10-11-12-14-19(23)22(18-15-20(24)25)17-13-16-21(2)3/h4-18H2,1-3H3,(H,24,25). The lowest BCUT2D eigenvalue weighted by Crippen LogP contribution is -2.35. The molecule has 1 amide bonds. The molecular weight excluding hydrogens is 316 g/mol. The largest absolute Gasteiger partial charge is 0.481 e. The summed E-state index contributed by atoms with van der Waals surface area (Å²) in [7, 11) is 4.01. The first-order chi connectivity index (χ1) is 12.0. The van der Waals surface area contributed by atoms with Crippen molar-refractivity contribution in [2.24, 2.45) is 0 Å². The van der Waals surface area contributed by atoms with E-state index in [1.807, 2.05) is 14.1 Å². The van der Waals surface area contributed by atoms with Crippen molar-refractivity contribution in [3.8, 4) is 0 Å². The summed E-state index contributed by atoms with van der Waals surface area (Å²) in [6.07, 6.45) is 12.6. The van der Waals surface area contributed by atoms with Crippen molar-refractivity contribution in [1.82, 2.24) is 9.80 Å². The van der Waals surface area contributed by atoms with Crippen molar-refractivity contribution in [1.29, 1.82) is 0 Å². The van der Waals surface area contributed by atoms with Gasteiger partial charge < -0.3 is 14.9 Å². The van der Waals surface area contributed by atoms with Crippen LogP contribution < -0.4 is 0 Å². The molecule has 0 unspecified atom stereocenters. The van der Waals surface area contributed by atoms with E-state index in [1.54, 1.807) is 4.90 Å². The van der Waals surface area contributed by atoms with Gasteiger partial charge in [0.25, 0.3) is 0 Å². The minimum atomic E-state index is -0.839. The highest BCUT2D eigenvalue weighted by atomic mass is 16.4. The Morgan fingerprint density at radius 1 is 0.720 bits per heavy atom. The molecule has 0 saturated heterocycles. The Bertz CT molecular complexity index is 346. The molecule has 0 aromatic heterocycles. The van der Waals surface area contributed by atoms with E-state index in [1.165, 1.54) is 44.9 Å². The van der Waals surface area contributed by atoms with Gasteiger partial charge in [0, 0.05) is 19.5 Å². The number of unbranched alkanes of at least 4 members (excludes halogenated alkanes) is 8. The maximum Gasteiger partial charge on any atom is 0.305 e. The molecular formula is C20H40N2O3. The number of amides is 1. The summed E-state index contributed by atoms with van der Waals surface area (Å²) in [5.41, 5.74) is 0. The first kappa shape index (κ1) is 23.9. The number of rotatable bonds is 17. The third-order valence-electron chi connectivity index (χ3n) is 4.48. The Labute approximate surface area is 154 Å². The van der Waals surface area contributed by atoms with E-state index in [2.05, 4.69) is 11.8 Å². The summed E-state index contributed by atoms with van der Waals surface area (Å²) >= 11 is 0. The Balaban J connectivity index is 3.89. The van der Waals surface area contributed by atoms with Gasteiger partial charge in [-0.15, -0.1) is 0 Å². The third-order valence-corrected chi connectivity index (χ3v) is 4.48. The molecule has 0 fully saturated rings. The maximum atomic E-state index is 12.4. The van der Waals surface area contributed by atoms with E-state index >= 15 is 0 Å². The molecule has 0 bridgehead atoms. The van der Waals surface area contributed by atoms with Gasteiger partial charge in [-0.25, -0.2) is 0 Å². The monoisotopic (exact) mass is 356 g/mol. The Hall–Kier alpha value is -1.10. The molecule has 25 heavy (non-hydrogen) atoms. The van der Waals surface area contributed by atoms with Crippen molar-refractivity contribution >= 4 is 11.9 Å². The van der Waals surface area contributed by atoms with Crippen molar-refractivity contribution < 1.29 is 14.7 Å². The van der Waals surface area contributed by atoms with E-state index < -0.39 is 5.97 Å². The fourth-order valence-corrected chi connectivity index (χ4v) is 2.91. The minimum absolute atomic E-state index is 0.0332. The zero-order valence-electron chi connectivity index (χ0n) is 16.8. The minimum Gasteiger partial charge on any atom is -0.481 e. The van der Waals surface area contributed by atoms with Crippen LogP contribution in [0, 0.1) is 0 Å². The van der Waals surface area contributed by atoms with Crippen LogP contribution in [0.2, 0.25) is 0 Å². The lowest BCUT2D eigenvalue weighted by atomic mass is 10.1. The van der Waals surface area contributed by atoms with E-state index in [0.717, 1.165) is 25.8 Å². The predicted molar refractivity (Wildman–Crippen MR) is 104 cm³/mol. The first-order valence-corrected chi connectivity index (χ1v) is 10.1. The molecule has 0 aliphatic heterocycles. The number of carbonyl (C=O) groups is 2. The molecule has 0 aromatic rings. The van der Waals surface area contributed by atoms with Crippen LogP contribution in [0.4, 0.5) is 0 Å². The summed E-state index contributed by atoms with van der Waals surface area (Å²) < 4.78 is 0. The van der Waals surface area contributed by atoms with Crippen LogP contribution in [0.3, 0.4) is 0 Å². The summed E-state index contributed by atoms with van der Waals surface area (Å²) in [5, 5.41) is 8.86. The van der Waals surface area contributed by atoms with Gasteiger partial charge in [-0.2, -0.15) is 0 Å². The average Bonchev–Trinajstić information content (AvgIpc) is 2.55. The lowest BCUT2D eigenvalue weighted by Gasteiger charge is -2.23. The van der Waals surface area contributed by atoms with Crippen LogP contribution in [0.5, 0.6) is 0 Å². The molecule has 148 valence electrons. The molecule has 0 aliphatic rings. The Morgan fingerprint density at radius 3 is 1.80 bits per heavy atom. The van der Waals surface area contributed by atoms with E-state index in [-0.39, 0.29) is 12.3 Å². The van der Waals surface area contributed by atoms with Crippen molar-refractivity contribution in [3.05, 3.63) is 0 Å². The van der Waals surface area contributed by atoms with E-state index in [0.29, 0.717) is 19.5 Å². The number of carbonyl (C=O) groups excluding carboxylic acids is 1. The van der Waals surface area contributed by atoms with Crippen LogP contribution in [0.1, 0.15) is 84.0 Å². The molecule has 0 heterocycles. The number of nitrogens with zero attached hydrogens (tertiary/aromatic N) is 2. The molecule has 0 saturated carbocycles. The number of carboxylic acid groups (broad SMARTS) is 1. The van der Waals surface area contributed by atoms with Gasteiger partial charge in [0.05, 0.1) is 6.42 Å². The van der Waals surface area contributed by atoms with Crippen LogP contribution in [0.25, 0.3) is 0 Å². The van der Waals surface area contributed by atoms with Crippen LogP contribution in [0.15, 0.2) is 0 Å². The number of hydrogen-bond donors (Lipinski definition) is 1. The second kappa shape index (κ2) is 16.4. The van der Waals surface area contributed by atoms with Crippen LogP contribution in [-0.2, 0) is 9.59 Å². The summed E-state index contributed by atoms with van der Waals surface area (Å²) in [6, 6.07) is 0. The zero-order valence-corrected chi connectivity index (χ0v) is 16.8. The second-order valence-electron chi connectivity index (χ2n) is 7.26. The molecule has 5 heteroatoms. The van der Waals surface area contributed by atoms with E-state index in [9.17, 15) is 9.59 Å². The quantitative estimate of drug-likeness (QED) is 0.398. The summed E-state index contributed by atoms with van der Waals surface area (Å²) in [6.45, 7) is 4.13. The second-order valence-corrected chi connectivity index (χ2v) is 7.26. The van der Waals surface area contributed by atoms with Gasteiger partial charge in [-0.05, 0) is 33.5 Å². The molecule has 0 atom stereocenters. The molecule has 0 radical (unpaired) electrons. The van der Waals surface area contributed by atoms with E-state index in [4.69, 9.17) is 5.11 Å². The molecule has 0 aromatic carbocycles. The van der Waals surface area contributed by atoms with Gasteiger partial charge in [0.15, 0.2) is 0 Å². The SMILES string of the molecule is CCCCCCCCCCCC(=O)N(CCCN(C)C)CCC(=O)O.